The Morgan fingerprint density at radius 2 is 2.38 bits per heavy atom. The Hall–Kier alpha value is -0.380. The van der Waals surface area contributed by atoms with E-state index in [1.807, 2.05) is 11.3 Å². The summed E-state index contributed by atoms with van der Waals surface area (Å²) in [4.78, 5) is 1.45. The van der Waals surface area contributed by atoms with Gasteiger partial charge >= 0.3 is 0 Å². The Balaban J connectivity index is 1.96. The molecule has 2 nitrogen and oxygen atoms in total. The second kappa shape index (κ2) is 3.78. The van der Waals surface area contributed by atoms with E-state index in [1.165, 1.54) is 10.4 Å². The van der Waals surface area contributed by atoms with Gasteiger partial charge in [-0.3, -0.25) is 0 Å². The summed E-state index contributed by atoms with van der Waals surface area (Å²) >= 11 is 1.83. The molecule has 1 aliphatic heterocycles. The monoisotopic (exact) mass is 197 g/mol. The third-order valence-corrected chi connectivity index (χ3v) is 3.62. The molecule has 0 bridgehead atoms. The van der Waals surface area contributed by atoms with Crippen LogP contribution in [-0.4, -0.2) is 19.3 Å². The maximum atomic E-state index is 5.12. The lowest BCUT2D eigenvalue weighted by atomic mass is 10.1. The van der Waals surface area contributed by atoms with E-state index in [9.17, 15) is 0 Å². The van der Waals surface area contributed by atoms with Crippen LogP contribution in [0.25, 0.3) is 0 Å². The van der Waals surface area contributed by atoms with Crippen molar-refractivity contribution < 1.29 is 4.74 Å². The van der Waals surface area contributed by atoms with Crippen molar-refractivity contribution in [3.8, 4) is 0 Å². The number of hydrogen-bond donors (Lipinski definition) is 1. The number of ether oxygens (including phenoxy) is 1. The lowest BCUT2D eigenvalue weighted by Crippen LogP contribution is -2.46. The average molecular weight is 197 g/mol. The molecule has 1 atom stereocenters. The number of aryl methyl sites for hydroxylation is 1. The fourth-order valence-electron chi connectivity index (χ4n) is 1.59. The van der Waals surface area contributed by atoms with Crippen LogP contribution in [0.4, 0.5) is 0 Å². The Labute approximate surface area is 82.9 Å². The lowest BCUT2D eigenvalue weighted by Gasteiger charge is -2.30. The topological polar surface area (TPSA) is 21.3 Å². The van der Waals surface area contributed by atoms with E-state index in [0.717, 1.165) is 13.2 Å². The normalized spacial score (nSPS) is 19.8. The van der Waals surface area contributed by atoms with Crippen molar-refractivity contribution in [1.29, 1.82) is 0 Å². The Bertz CT molecular complexity index is 280. The molecule has 0 aliphatic carbocycles. The van der Waals surface area contributed by atoms with Crippen molar-refractivity contribution in [2.75, 3.05) is 13.2 Å². The molecular formula is C10H15NOS. The van der Waals surface area contributed by atoms with E-state index in [0.29, 0.717) is 12.1 Å². The number of hydrogen-bond acceptors (Lipinski definition) is 3. The van der Waals surface area contributed by atoms with Crippen molar-refractivity contribution >= 4 is 11.3 Å². The summed E-state index contributed by atoms with van der Waals surface area (Å²) in [6, 6.07) is 3.21. The average Bonchev–Trinajstić information content (AvgIpc) is 2.43. The molecule has 1 aromatic rings. The summed E-state index contributed by atoms with van der Waals surface area (Å²) in [6.45, 7) is 6.13. The minimum atomic E-state index is 0.467. The van der Waals surface area contributed by atoms with E-state index in [1.54, 1.807) is 0 Å². The van der Waals surface area contributed by atoms with Gasteiger partial charge in [-0.15, -0.1) is 11.3 Å². The van der Waals surface area contributed by atoms with Crippen molar-refractivity contribution in [2.24, 2.45) is 0 Å². The van der Waals surface area contributed by atoms with Gasteiger partial charge in [0.1, 0.15) is 0 Å². The summed E-state index contributed by atoms with van der Waals surface area (Å²) in [5.74, 6) is 0. The molecule has 13 heavy (non-hydrogen) atoms. The fraction of sp³-hybridized carbons (Fsp3) is 0.600. The molecule has 1 saturated heterocycles. The van der Waals surface area contributed by atoms with Crippen LogP contribution in [0.3, 0.4) is 0 Å². The van der Waals surface area contributed by atoms with Crippen LogP contribution < -0.4 is 5.32 Å². The minimum absolute atomic E-state index is 0.467. The highest BCUT2D eigenvalue weighted by atomic mass is 32.1. The highest BCUT2D eigenvalue weighted by Crippen LogP contribution is 2.24. The molecule has 72 valence electrons. The molecule has 1 aromatic heterocycles. The van der Waals surface area contributed by atoms with Crippen LogP contribution >= 0.6 is 11.3 Å². The Morgan fingerprint density at radius 1 is 1.62 bits per heavy atom. The first kappa shape index (κ1) is 9.19. The van der Waals surface area contributed by atoms with E-state index in [4.69, 9.17) is 4.74 Å². The van der Waals surface area contributed by atoms with Gasteiger partial charge in [0.05, 0.1) is 19.3 Å². The second-order valence-electron chi connectivity index (χ2n) is 3.59. The first-order valence-electron chi connectivity index (χ1n) is 4.65. The first-order valence-corrected chi connectivity index (χ1v) is 5.53. The van der Waals surface area contributed by atoms with Crippen molar-refractivity contribution in [3.05, 3.63) is 21.9 Å². The smallest absolute Gasteiger partial charge is 0.0643 e. The standard InChI is InChI=1S/C10H15NOS/c1-7-3-4-13-10(7)8(2)11-9-5-12-6-9/h3-4,8-9,11H,5-6H2,1-2H3. The highest BCUT2D eigenvalue weighted by molar-refractivity contribution is 7.10. The van der Waals surface area contributed by atoms with Gasteiger partial charge in [-0.25, -0.2) is 0 Å². The summed E-state index contributed by atoms with van der Waals surface area (Å²) in [5, 5.41) is 5.70. The van der Waals surface area contributed by atoms with Gasteiger partial charge in [-0.2, -0.15) is 0 Å². The summed E-state index contributed by atoms with van der Waals surface area (Å²) < 4.78 is 5.12. The number of nitrogens with one attached hydrogen (secondary N) is 1. The third-order valence-electron chi connectivity index (χ3n) is 2.42. The molecule has 0 radical (unpaired) electrons. The second-order valence-corrected chi connectivity index (χ2v) is 4.54. The van der Waals surface area contributed by atoms with Crippen molar-refractivity contribution in [2.45, 2.75) is 25.9 Å². The quantitative estimate of drug-likeness (QED) is 0.801. The van der Waals surface area contributed by atoms with Gasteiger partial charge in [0, 0.05) is 10.9 Å². The van der Waals surface area contributed by atoms with Crippen LogP contribution in [0.5, 0.6) is 0 Å². The SMILES string of the molecule is Cc1ccsc1C(C)NC1COC1. The summed E-state index contributed by atoms with van der Waals surface area (Å²) in [7, 11) is 0. The lowest BCUT2D eigenvalue weighted by molar-refractivity contribution is -0.00912. The maximum Gasteiger partial charge on any atom is 0.0643 e. The zero-order valence-corrected chi connectivity index (χ0v) is 8.86. The Morgan fingerprint density at radius 3 is 2.85 bits per heavy atom. The molecule has 1 N–H and O–H groups in total. The summed E-state index contributed by atoms with van der Waals surface area (Å²) in [6.07, 6.45) is 0. The maximum absolute atomic E-state index is 5.12. The molecule has 3 heteroatoms. The number of thiophene rings is 1. The van der Waals surface area contributed by atoms with Gasteiger partial charge in [-0.1, -0.05) is 0 Å². The fourth-order valence-corrected chi connectivity index (χ4v) is 2.53. The minimum Gasteiger partial charge on any atom is -0.378 e. The molecule has 2 heterocycles. The zero-order valence-electron chi connectivity index (χ0n) is 8.04. The van der Waals surface area contributed by atoms with Gasteiger partial charge in [0.25, 0.3) is 0 Å². The van der Waals surface area contributed by atoms with Crippen LogP contribution in [-0.2, 0) is 4.74 Å². The van der Waals surface area contributed by atoms with Crippen molar-refractivity contribution in [1.82, 2.24) is 5.32 Å². The summed E-state index contributed by atoms with van der Waals surface area (Å²) in [5.41, 5.74) is 1.39. The van der Waals surface area contributed by atoms with E-state index in [2.05, 4.69) is 30.6 Å². The molecule has 0 amide bonds. The van der Waals surface area contributed by atoms with E-state index < -0.39 is 0 Å². The van der Waals surface area contributed by atoms with Crippen LogP contribution in [0.2, 0.25) is 0 Å². The molecular weight excluding hydrogens is 182 g/mol. The van der Waals surface area contributed by atoms with Gasteiger partial charge in [0.2, 0.25) is 0 Å². The van der Waals surface area contributed by atoms with Crippen LogP contribution in [0.1, 0.15) is 23.4 Å². The molecule has 2 rings (SSSR count). The molecule has 0 spiro atoms. The molecule has 1 fully saturated rings. The van der Waals surface area contributed by atoms with E-state index >= 15 is 0 Å². The van der Waals surface area contributed by atoms with Gasteiger partial charge in [-0.05, 0) is 30.9 Å². The van der Waals surface area contributed by atoms with Crippen LogP contribution in [0, 0.1) is 6.92 Å². The highest BCUT2D eigenvalue weighted by Gasteiger charge is 2.21. The molecule has 1 unspecified atom stereocenters. The Kier molecular flexibility index (Phi) is 2.67. The molecule has 0 saturated carbocycles. The zero-order chi connectivity index (χ0) is 9.26. The van der Waals surface area contributed by atoms with Gasteiger partial charge in [0.15, 0.2) is 0 Å². The molecule has 1 aliphatic rings. The third kappa shape index (κ3) is 1.93. The predicted octanol–water partition coefficient (Wildman–Crippen LogP) is 2.11. The number of rotatable bonds is 3. The first-order chi connectivity index (χ1) is 6.27. The largest absolute Gasteiger partial charge is 0.378 e. The van der Waals surface area contributed by atoms with E-state index in [-0.39, 0.29) is 0 Å². The van der Waals surface area contributed by atoms with Crippen LogP contribution in [0.15, 0.2) is 11.4 Å². The molecule has 0 aromatic carbocycles. The predicted molar refractivity (Wildman–Crippen MR) is 55.2 cm³/mol. The van der Waals surface area contributed by atoms with Gasteiger partial charge < -0.3 is 10.1 Å². The van der Waals surface area contributed by atoms with Crippen molar-refractivity contribution in [3.63, 3.8) is 0 Å².